The first-order valence-electron chi connectivity index (χ1n) is 8.55. The van der Waals surface area contributed by atoms with Gasteiger partial charge in [0.2, 0.25) is 0 Å². The fourth-order valence-electron chi connectivity index (χ4n) is 3.07. The van der Waals surface area contributed by atoms with Crippen LogP contribution >= 0.6 is 0 Å². The third-order valence-electron chi connectivity index (χ3n) is 3.27. The standard InChI is InChI=1S/C14H40O2Si5/c1-17(2)12-14(13-18(3)4)21(11,15-19(5,6)7)16-20(8,9)10/h14,17-18H,12-13H2,1-11H3. The average molecular weight is 381 g/mol. The predicted octanol–water partition coefficient (Wildman–Crippen LogP) is 5.11. The third-order valence-corrected chi connectivity index (χ3v) is 17.3. The fraction of sp³-hybridized carbons (Fsp3) is 1.00. The van der Waals surface area contributed by atoms with Crippen molar-refractivity contribution in [2.24, 2.45) is 0 Å². The van der Waals surface area contributed by atoms with Gasteiger partial charge in [-0.3, -0.25) is 0 Å². The minimum Gasteiger partial charge on any atom is -0.436 e. The molecule has 128 valence electrons. The number of rotatable bonds is 9. The van der Waals surface area contributed by atoms with Crippen LogP contribution in [-0.4, -0.2) is 42.8 Å². The summed E-state index contributed by atoms with van der Waals surface area (Å²) in [6.45, 7) is 26.2. The maximum Gasteiger partial charge on any atom is 0.317 e. The Balaban J connectivity index is 5.45. The Kier molecular flexibility index (Phi) is 8.60. The van der Waals surface area contributed by atoms with Gasteiger partial charge in [-0.15, -0.1) is 0 Å². The van der Waals surface area contributed by atoms with E-state index in [1.165, 1.54) is 12.1 Å². The molecule has 2 nitrogen and oxygen atoms in total. The van der Waals surface area contributed by atoms with Crippen LogP contribution in [0.4, 0.5) is 0 Å². The molecule has 0 N–H and O–H groups in total. The van der Waals surface area contributed by atoms with Crippen molar-refractivity contribution >= 4 is 42.8 Å². The second-order valence-corrected chi connectivity index (χ2v) is 28.8. The van der Waals surface area contributed by atoms with Gasteiger partial charge in [0, 0.05) is 17.6 Å². The molecule has 0 spiro atoms. The highest BCUT2D eigenvalue weighted by Crippen LogP contribution is 2.38. The van der Waals surface area contributed by atoms with Gasteiger partial charge in [0.25, 0.3) is 0 Å². The molecule has 0 unspecified atom stereocenters. The first-order valence-corrected chi connectivity index (χ1v) is 24.0. The fourth-order valence-corrected chi connectivity index (χ4v) is 24.0. The first kappa shape index (κ1) is 22.0. The predicted molar refractivity (Wildman–Crippen MR) is 112 cm³/mol. The van der Waals surface area contributed by atoms with Crippen LogP contribution in [0.3, 0.4) is 0 Å². The van der Waals surface area contributed by atoms with E-state index < -0.39 is 42.8 Å². The highest BCUT2D eigenvalue weighted by Gasteiger charge is 2.46. The van der Waals surface area contributed by atoms with Gasteiger partial charge in [-0.2, -0.15) is 0 Å². The van der Waals surface area contributed by atoms with Crippen LogP contribution in [0.5, 0.6) is 0 Å². The molecule has 0 aliphatic carbocycles. The van der Waals surface area contributed by atoms with Crippen LogP contribution in [-0.2, 0) is 8.23 Å². The lowest BCUT2D eigenvalue weighted by Crippen LogP contribution is -2.56. The van der Waals surface area contributed by atoms with Crippen molar-refractivity contribution in [2.45, 2.75) is 89.6 Å². The van der Waals surface area contributed by atoms with E-state index in [1.807, 2.05) is 0 Å². The zero-order valence-electron chi connectivity index (χ0n) is 16.5. The zero-order valence-corrected chi connectivity index (χ0v) is 21.8. The van der Waals surface area contributed by atoms with E-state index in [2.05, 4.69) is 72.0 Å². The topological polar surface area (TPSA) is 18.5 Å². The molecular weight excluding hydrogens is 341 g/mol. The number of hydrogen-bond donors (Lipinski definition) is 0. The molecule has 0 aromatic rings. The van der Waals surface area contributed by atoms with Gasteiger partial charge in [-0.05, 0) is 51.4 Å². The summed E-state index contributed by atoms with van der Waals surface area (Å²) in [7, 11) is -6.41. The minimum absolute atomic E-state index is 0.595. The Morgan fingerprint density at radius 1 is 0.667 bits per heavy atom. The van der Waals surface area contributed by atoms with Gasteiger partial charge < -0.3 is 8.23 Å². The SMILES string of the molecule is C[SiH](C)CC(C[SiH](C)C)[Si](C)(O[Si](C)(C)C)O[Si](C)(C)C. The van der Waals surface area contributed by atoms with Gasteiger partial charge in [-0.25, -0.2) is 0 Å². The van der Waals surface area contributed by atoms with Crippen molar-refractivity contribution in [1.29, 1.82) is 0 Å². The van der Waals surface area contributed by atoms with Gasteiger partial charge in [0.15, 0.2) is 16.6 Å². The monoisotopic (exact) mass is 380 g/mol. The molecule has 0 heterocycles. The summed E-state index contributed by atoms with van der Waals surface area (Å²) in [6.07, 6.45) is 0. The zero-order chi connectivity index (χ0) is 17.1. The van der Waals surface area contributed by atoms with E-state index in [9.17, 15) is 0 Å². The Morgan fingerprint density at radius 2 is 0.952 bits per heavy atom. The number of hydrogen-bond acceptors (Lipinski definition) is 2. The van der Waals surface area contributed by atoms with E-state index in [1.54, 1.807) is 0 Å². The first-order chi connectivity index (χ1) is 9.15. The maximum absolute atomic E-state index is 6.80. The lowest BCUT2D eigenvalue weighted by Gasteiger charge is -2.44. The summed E-state index contributed by atoms with van der Waals surface area (Å²) in [5.41, 5.74) is 0.731. The van der Waals surface area contributed by atoms with Crippen molar-refractivity contribution in [3.63, 3.8) is 0 Å². The molecule has 21 heavy (non-hydrogen) atoms. The van der Waals surface area contributed by atoms with Crippen molar-refractivity contribution in [2.75, 3.05) is 0 Å². The Labute approximate surface area is 140 Å². The lowest BCUT2D eigenvalue weighted by molar-refractivity contribution is 0.370. The molecule has 0 aromatic carbocycles. The summed E-state index contributed by atoms with van der Waals surface area (Å²) < 4.78 is 13.6. The molecule has 0 atom stereocenters. The Hall–Kier alpha value is 1.00. The molecule has 0 aromatic heterocycles. The molecule has 0 aliphatic heterocycles. The van der Waals surface area contributed by atoms with Gasteiger partial charge in [-0.1, -0.05) is 38.3 Å². The molecule has 0 fully saturated rings. The molecule has 0 saturated heterocycles. The summed E-state index contributed by atoms with van der Waals surface area (Å²) in [6, 6.07) is 2.81. The van der Waals surface area contributed by atoms with Crippen molar-refractivity contribution in [3.8, 4) is 0 Å². The average Bonchev–Trinajstić information content (AvgIpc) is 2.07. The van der Waals surface area contributed by atoms with E-state index in [4.69, 9.17) is 8.23 Å². The Morgan fingerprint density at radius 3 is 1.14 bits per heavy atom. The summed E-state index contributed by atoms with van der Waals surface area (Å²) in [5, 5.41) is 0. The minimum atomic E-state index is -2.08. The Bertz CT molecular complexity index is 281. The maximum atomic E-state index is 6.80. The molecule has 0 rings (SSSR count). The molecule has 0 aliphatic rings. The molecule has 0 bridgehead atoms. The van der Waals surface area contributed by atoms with Crippen LogP contribution in [0.15, 0.2) is 0 Å². The lowest BCUT2D eigenvalue weighted by atomic mass is 10.5. The van der Waals surface area contributed by atoms with Crippen LogP contribution < -0.4 is 0 Å². The van der Waals surface area contributed by atoms with Crippen LogP contribution in [0.2, 0.25) is 89.6 Å². The van der Waals surface area contributed by atoms with E-state index in [0.717, 1.165) is 5.54 Å². The smallest absolute Gasteiger partial charge is 0.317 e. The van der Waals surface area contributed by atoms with E-state index >= 15 is 0 Å². The van der Waals surface area contributed by atoms with Gasteiger partial charge in [0.1, 0.15) is 0 Å². The largest absolute Gasteiger partial charge is 0.436 e. The molecular formula is C14H40O2Si5. The van der Waals surface area contributed by atoms with Gasteiger partial charge in [0.05, 0.1) is 0 Å². The van der Waals surface area contributed by atoms with E-state index in [-0.39, 0.29) is 0 Å². The second-order valence-electron chi connectivity index (χ2n) is 9.40. The molecule has 0 amide bonds. The van der Waals surface area contributed by atoms with E-state index in [0.29, 0.717) is 0 Å². The highest BCUT2D eigenvalue weighted by atomic mass is 28.5. The molecule has 0 radical (unpaired) electrons. The van der Waals surface area contributed by atoms with Crippen molar-refractivity contribution in [3.05, 3.63) is 0 Å². The highest BCUT2D eigenvalue weighted by molar-refractivity contribution is 6.89. The van der Waals surface area contributed by atoms with Crippen LogP contribution in [0, 0.1) is 0 Å². The molecule has 0 saturated carbocycles. The normalized spacial score (nSPS) is 14.6. The summed E-state index contributed by atoms with van der Waals surface area (Å²) in [5.74, 6) is 0. The second kappa shape index (κ2) is 8.21. The molecule has 7 heteroatoms. The van der Waals surface area contributed by atoms with Crippen molar-refractivity contribution in [1.82, 2.24) is 0 Å². The summed E-state index contributed by atoms with van der Waals surface area (Å²) in [4.78, 5) is 0. The van der Waals surface area contributed by atoms with Crippen LogP contribution in [0.25, 0.3) is 0 Å². The quantitative estimate of drug-likeness (QED) is 0.518. The van der Waals surface area contributed by atoms with Crippen LogP contribution in [0.1, 0.15) is 0 Å². The summed E-state index contributed by atoms with van der Waals surface area (Å²) >= 11 is 0. The van der Waals surface area contributed by atoms with Gasteiger partial charge >= 0.3 is 8.56 Å². The van der Waals surface area contributed by atoms with Crippen molar-refractivity contribution < 1.29 is 8.23 Å². The third kappa shape index (κ3) is 10.4.